The van der Waals surface area contributed by atoms with Gasteiger partial charge in [-0.25, -0.2) is 0 Å². The summed E-state index contributed by atoms with van der Waals surface area (Å²) >= 11 is 0. The zero-order chi connectivity index (χ0) is 17.5. The number of esters is 2. The fraction of sp³-hybridized carbons (Fsp3) is 0.474. The van der Waals surface area contributed by atoms with Gasteiger partial charge in [0.1, 0.15) is 12.2 Å². The molecule has 0 fully saturated rings. The van der Waals surface area contributed by atoms with Crippen molar-refractivity contribution in [3.8, 4) is 12.3 Å². The molecule has 0 rings (SSSR count). The van der Waals surface area contributed by atoms with Gasteiger partial charge in [-0.3, -0.25) is 9.59 Å². The summed E-state index contributed by atoms with van der Waals surface area (Å²) in [4.78, 5) is 22.6. The molecule has 0 N–H and O–H groups in total. The molecule has 23 heavy (non-hydrogen) atoms. The van der Waals surface area contributed by atoms with E-state index in [-0.39, 0.29) is 0 Å². The van der Waals surface area contributed by atoms with E-state index < -0.39 is 24.1 Å². The Labute approximate surface area is 139 Å². The van der Waals surface area contributed by atoms with E-state index in [1.807, 2.05) is 12.2 Å². The SMILES string of the molecule is C#C/C=C/C[C@H](OC(C)=O)[C@H](C/C=C\C/C=C/CC)OC(C)=O. The first-order chi connectivity index (χ1) is 11.0. The molecule has 0 aromatic carbocycles. The molecule has 0 saturated heterocycles. The van der Waals surface area contributed by atoms with Gasteiger partial charge in [-0.15, -0.1) is 6.42 Å². The Morgan fingerprint density at radius 3 is 1.96 bits per heavy atom. The predicted octanol–water partition coefficient (Wildman–Crippen LogP) is 3.73. The molecule has 0 aliphatic heterocycles. The van der Waals surface area contributed by atoms with Gasteiger partial charge >= 0.3 is 11.9 Å². The second-order valence-corrected chi connectivity index (χ2v) is 4.92. The highest BCUT2D eigenvalue weighted by Gasteiger charge is 2.25. The second kappa shape index (κ2) is 13.4. The predicted molar refractivity (Wildman–Crippen MR) is 91.5 cm³/mol. The van der Waals surface area contributed by atoms with Crippen LogP contribution in [-0.2, 0) is 19.1 Å². The summed E-state index contributed by atoms with van der Waals surface area (Å²) in [5, 5.41) is 0. The molecule has 0 bridgehead atoms. The number of hydrogen-bond donors (Lipinski definition) is 0. The topological polar surface area (TPSA) is 52.6 Å². The lowest BCUT2D eigenvalue weighted by molar-refractivity contribution is -0.164. The lowest BCUT2D eigenvalue weighted by atomic mass is 10.1. The quantitative estimate of drug-likeness (QED) is 0.350. The van der Waals surface area contributed by atoms with E-state index in [0.29, 0.717) is 12.8 Å². The summed E-state index contributed by atoms with van der Waals surface area (Å²) in [5.41, 5.74) is 0. The van der Waals surface area contributed by atoms with Crippen LogP contribution in [0.5, 0.6) is 0 Å². The van der Waals surface area contributed by atoms with Gasteiger partial charge < -0.3 is 9.47 Å². The molecular formula is C19H26O4. The average Bonchev–Trinajstić information content (AvgIpc) is 2.48. The van der Waals surface area contributed by atoms with Crippen molar-refractivity contribution < 1.29 is 19.1 Å². The third-order valence-electron chi connectivity index (χ3n) is 2.84. The van der Waals surface area contributed by atoms with E-state index >= 15 is 0 Å². The number of carbonyl (C=O) groups excluding carboxylic acids is 2. The van der Waals surface area contributed by atoms with Crippen LogP contribution in [0.1, 0.15) is 46.5 Å². The molecule has 0 amide bonds. The monoisotopic (exact) mass is 318 g/mol. The van der Waals surface area contributed by atoms with Gasteiger partial charge in [0.25, 0.3) is 0 Å². The summed E-state index contributed by atoms with van der Waals surface area (Å²) < 4.78 is 10.6. The molecule has 0 aromatic heterocycles. The van der Waals surface area contributed by atoms with Gasteiger partial charge in [0, 0.05) is 26.7 Å². The molecule has 4 nitrogen and oxygen atoms in total. The molecule has 4 heteroatoms. The summed E-state index contributed by atoms with van der Waals surface area (Å²) in [6.45, 7) is 4.74. The molecule has 0 radical (unpaired) electrons. The van der Waals surface area contributed by atoms with Crippen molar-refractivity contribution in [3.63, 3.8) is 0 Å². The van der Waals surface area contributed by atoms with Crippen LogP contribution in [0.2, 0.25) is 0 Å². The summed E-state index contributed by atoms with van der Waals surface area (Å²) in [5.74, 6) is 1.55. The second-order valence-electron chi connectivity index (χ2n) is 4.92. The molecule has 0 aliphatic carbocycles. The van der Waals surface area contributed by atoms with E-state index in [1.54, 1.807) is 6.08 Å². The van der Waals surface area contributed by atoms with Gasteiger partial charge in [0.2, 0.25) is 0 Å². The zero-order valence-electron chi connectivity index (χ0n) is 14.2. The van der Waals surface area contributed by atoms with Crippen molar-refractivity contribution >= 4 is 11.9 Å². The van der Waals surface area contributed by atoms with Crippen molar-refractivity contribution in [2.24, 2.45) is 0 Å². The van der Waals surface area contributed by atoms with E-state index in [2.05, 4.69) is 25.0 Å². The molecule has 0 saturated carbocycles. The number of rotatable bonds is 10. The Kier molecular flexibility index (Phi) is 12.1. The Bertz CT molecular complexity index is 480. The van der Waals surface area contributed by atoms with Gasteiger partial charge in [-0.1, -0.05) is 43.2 Å². The summed E-state index contributed by atoms with van der Waals surface area (Å²) in [7, 11) is 0. The minimum atomic E-state index is -0.558. The van der Waals surface area contributed by atoms with Crippen molar-refractivity contribution in [1.29, 1.82) is 0 Å². The largest absolute Gasteiger partial charge is 0.458 e. The zero-order valence-corrected chi connectivity index (χ0v) is 14.2. The standard InChI is InChI=1S/C19H26O4/c1-5-7-9-10-11-13-15-19(23-17(4)21)18(22-16(3)20)14-12-8-6-2/h2,7-9,11-13,18-19H,5,10,14-15H2,1,3-4H3/b9-7+,12-8+,13-11-/t18-,19-/m0/s1. The van der Waals surface area contributed by atoms with Crippen LogP contribution in [0.3, 0.4) is 0 Å². The van der Waals surface area contributed by atoms with Gasteiger partial charge in [-0.2, -0.15) is 0 Å². The number of terminal acetylenes is 1. The van der Waals surface area contributed by atoms with Crippen LogP contribution in [0.25, 0.3) is 0 Å². The van der Waals surface area contributed by atoms with Crippen molar-refractivity contribution in [1.82, 2.24) is 0 Å². The van der Waals surface area contributed by atoms with E-state index in [1.165, 1.54) is 19.9 Å². The third-order valence-corrected chi connectivity index (χ3v) is 2.84. The summed E-state index contributed by atoms with van der Waals surface area (Å²) in [6, 6.07) is 0. The molecule has 0 spiro atoms. The minimum Gasteiger partial charge on any atom is -0.458 e. The van der Waals surface area contributed by atoms with Crippen LogP contribution in [0.4, 0.5) is 0 Å². The third kappa shape index (κ3) is 12.0. The highest BCUT2D eigenvalue weighted by Crippen LogP contribution is 2.15. The van der Waals surface area contributed by atoms with E-state index in [9.17, 15) is 9.59 Å². The average molecular weight is 318 g/mol. The molecular weight excluding hydrogens is 292 g/mol. The molecule has 0 unspecified atom stereocenters. The highest BCUT2D eigenvalue weighted by atomic mass is 16.6. The van der Waals surface area contributed by atoms with Gasteiger partial charge in [0.15, 0.2) is 0 Å². The Hall–Kier alpha value is -2.28. The van der Waals surface area contributed by atoms with E-state index in [4.69, 9.17) is 15.9 Å². The number of carbonyl (C=O) groups is 2. The van der Waals surface area contributed by atoms with Crippen molar-refractivity contribution in [2.75, 3.05) is 0 Å². The number of hydrogen-bond acceptors (Lipinski definition) is 4. The van der Waals surface area contributed by atoms with Gasteiger partial charge in [-0.05, 0) is 18.9 Å². The van der Waals surface area contributed by atoms with Crippen molar-refractivity contribution in [3.05, 3.63) is 36.5 Å². The number of allylic oxidation sites excluding steroid dienone is 4. The summed E-state index contributed by atoms with van der Waals surface area (Å²) in [6.07, 6.45) is 18.1. The fourth-order valence-electron chi connectivity index (χ4n) is 1.92. The van der Waals surface area contributed by atoms with Crippen LogP contribution in [0.15, 0.2) is 36.5 Å². The molecule has 0 heterocycles. The first-order valence-corrected chi connectivity index (χ1v) is 7.76. The molecule has 126 valence electrons. The van der Waals surface area contributed by atoms with Crippen LogP contribution in [-0.4, -0.2) is 24.1 Å². The highest BCUT2D eigenvalue weighted by molar-refractivity contribution is 5.67. The Balaban J connectivity index is 4.85. The molecule has 2 atom stereocenters. The van der Waals surface area contributed by atoms with Crippen molar-refractivity contribution in [2.45, 2.75) is 58.7 Å². The lowest BCUT2D eigenvalue weighted by Crippen LogP contribution is -2.33. The molecule has 0 aliphatic rings. The minimum absolute atomic E-state index is 0.394. The number of ether oxygens (including phenoxy) is 2. The van der Waals surface area contributed by atoms with E-state index in [0.717, 1.165) is 12.8 Å². The fourth-order valence-corrected chi connectivity index (χ4v) is 1.92. The Morgan fingerprint density at radius 1 is 0.957 bits per heavy atom. The van der Waals surface area contributed by atoms with Crippen LogP contribution in [0, 0.1) is 12.3 Å². The first kappa shape index (κ1) is 20.7. The smallest absolute Gasteiger partial charge is 0.303 e. The maximum Gasteiger partial charge on any atom is 0.303 e. The van der Waals surface area contributed by atoms with Gasteiger partial charge in [0.05, 0.1) is 0 Å². The van der Waals surface area contributed by atoms with Crippen LogP contribution < -0.4 is 0 Å². The normalized spacial score (nSPS) is 14.0. The maximum absolute atomic E-state index is 11.3. The maximum atomic E-state index is 11.3. The lowest BCUT2D eigenvalue weighted by Gasteiger charge is -2.24. The first-order valence-electron chi connectivity index (χ1n) is 7.76. The Morgan fingerprint density at radius 2 is 1.48 bits per heavy atom. The molecule has 0 aromatic rings. The van der Waals surface area contributed by atoms with Crippen LogP contribution >= 0.6 is 0 Å².